The molecular weight excluding hydrogens is 296 g/mol. The number of anilines is 2. The van der Waals surface area contributed by atoms with Crippen molar-refractivity contribution < 1.29 is 9.53 Å². The van der Waals surface area contributed by atoms with Crippen LogP contribution in [0, 0.1) is 0 Å². The molecule has 0 unspecified atom stereocenters. The fraction of sp³-hybridized carbons (Fsp3) is 0.312. The third-order valence-corrected chi connectivity index (χ3v) is 3.30. The van der Waals surface area contributed by atoms with E-state index in [9.17, 15) is 9.59 Å². The summed E-state index contributed by atoms with van der Waals surface area (Å²) in [4.78, 5) is 28.2. The average Bonchev–Trinajstić information content (AvgIpc) is 2.51. The lowest BCUT2D eigenvalue weighted by atomic mass is 10.1. The number of carbonyl (C=O) groups excluding carboxylic acids is 1. The Kier molecular flexibility index (Phi) is 5.48. The molecule has 23 heavy (non-hydrogen) atoms. The lowest BCUT2D eigenvalue weighted by Gasteiger charge is -2.11. The summed E-state index contributed by atoms with van der Waals surface area (Å²) in [5.74, 6) is -0.352. The zero-order chi connectivity index (χ0) is 16.8. The Morgan fingerprint density at radius 2 is 2.17 bits per heavy atom. The lowest BCUT2D eigenvalue weighted by molar-refractivity contribution is -0.116. The van der Waals surface area contributed by atoms with Crippen LogP contribution in [0.5, 0.6) is 0 Å². The Bertz CT molecular complexity index is 755. The van der Waals surface area contributed by atoms with E-state index in [0.29, 0.717) is 11.4 Å². The molecule has 0 spiro atoms. The third kappa shape index (κ3) is 4.40. The molecule has 1 aromatic heterocycles. The van der Waals surface area contributed by atoms with Crippen molar-refractivity contribution >= 4 is 17.5 Å². The highest BCUT2D eigenvalue weighted by atomic mass is 16.5. The van der Waals surface area contributed by atoms with Gasteiger partial charge in [-0.1, -0.05) is 19.1 Å². The zero-order valence-electron chi connectivity index (χ0n) is 13.2. The van der Waals surface area contributed by atoms with Gasteiger partial charge >= 0.3 is 0 Å². The van der Waals surface area contributed by atoms with Crippen LogP contribution < -0.4 is 16.6 Å². The largest absolute Gasteiger partial charge is 0.378 e. The van der Waals surface area contributed by atoms with Gasteiger partial charge in [-0.05, 0) is 24.1 Å². The second kappa shape index (κ2) is 7.55. The van der Waals surface area contributed by atoms with Crippen LogP contribution in [0.2, 0.25) is 0 Å². The number of hydrogen-bond donors (Lipinski definition) is 2. The Morgan fingerprint density at radius 3 is 2.83 bits per heavy atom. The Balaban J connectivity index is 2.12. The second-order valence-electron chi connectivity index (χ2n) is 5.07. The summed E-state index contributed by atoms with van der Waals surface area (Å²) < 4.78 is 6.04. The van der Waals surface area contributed by atoms with Crippen LogP contribution in [0.1, 0.15) is 18.2 Å². The predicted molar refractivity (Wildman–Crippen MR) is 88.1 cm³/mol. The molecule has 122 valence electrons. The molecule has 1 heterocycles. The molecule has 1 amide bonds. The number of ether oxygens (including phenoxy) is 1. The maximum absolute atomic E-state index is 12.1. The number of amides is 1. The van der Waals surface area contributed by atoms with E-state index in [0.717, 1.165) is 16.6 Å². The number of nitrogen functional groups attached to an aromatic ring is 1. The number of aryl methyl sites for hydroxylation is 1. The molecule has 0 bridgehead atoms. The first-order chi connectivity index (χ1) is 11.0. The Morgan fingerprint density at radius 1 is 1.39 bits per heavy atom. The van der Waals surface area contributed by atoms with Crippen molar-refractivity contribution in [3.63, 3.8) is 0 Å². The number of benzene rings is 1. The molecule has 7 nitrogen and oxygen atoms in total. The summed E-state index contributed by atoms with van der Waals surface area (Å²) in [6.45, 7) is 2.03. The summed E-state index contributed by atoms with van der Waals surface area (Å²) in [5.41, 5.74) is 7.60. The van der Waals surface area contributed by atoms with Crippen molar-refractivity contribution in [3.8, 4) is 0 Å². The molecule has 0 saturated heterocycles. The van der Waals surface area contributed by atoms with E-state index in [4.69, 9.17) is 10.5 Å². The molecule has 0 aliphatic heterocycles. The van der Waals surface area contributed by atoms with Crippen LogP contribution >= 0.6 is 0 Å². The molecule has 2 aromatic rings. The van der Waals surface area contributed by atoms with Gasteiger partial charge in [0.1, 0.15) is 6.54 Å². The van der Waals surface area contributed by atoms with Crippen molar-refractivity contribution in [1.82, 2.24) is 9.55 Å². The molecule has 0 saturated carbocycles. The summed E-state index contributed by atoms with van der Waals surface area (Å²) in [5, 5.41) is 2.75. The monoisotopic (exact) mass is 316 g/mol. The molecule has 1 aromatic carbocycles. The SMILES string of the molecule is CCc1cccc(NC(=O)Cn2c(N)nc(COC)cc2=O)c1. The van der Waals surface area contributed by atoms with Crippen LogP contribution in [0.25, 0.3) is 0 Å². The molecule has 0 radical (unpaired) electrons. The highest BCUT2D eigenvalue weighted by Crippen LogP contribution is 2.11. The van der Waals surface area contributed by atoms with E-state index in [1.165, 1.54) is 13.2 Å². The van der Waals surface area contributed by atoms with Crippen LogP contribution in [0.15, 0.2) is 35.1 Å². The van der Waals surface area contributed by atoms with Crippen molar-refractivity contribution in [2.75, 3.05) is 18.2 Å². The van der Waals surface area contributed by atoms with E-state index in [1.807, 2.05) is 25.1 Å². The summed E-state index contributed by atoms with van der Waals surface area (Å²) in [6, 6.07) is 8.85. The van der Waals surface area contributed by atoms with E-state index < -0.39 is 0 Å². The van der Waals surface area contributed by atoms with Gasteiger partial charge in [0.05, 0.1) is 12.3 Å². The molecule has 0 atom stereocenters. The minimum atomic E-state index is -0.387. The van der Waals surface area contributed by atoms with E-state index in [-0.39, 0.29) is 30.6 Å². The quantitative estimate of drug-likeness (QED) is 0.833. The van der Waals surface area contributed by atoms with E-state index in [1.54, 1.807) is 6.07 Å². The van der Waals surface area contributed by atoms with Gasteiger partial charge in [0, 0.05) is 18.9 Å². The number of nitrogens with zero attached hydrogens (tertiary/aromatic N) is 2. The maximum atomic E-state index is 12.1. The standard InChI is InChI=1S/C16H20N4O3/c1-3-11-5-4-6-12(7-11)18-14(21)9-20-15(22)8-13(10-23-2)19-16(20)17/h4-8H,3,9-10H2,1-2H3,(H2,17,19)(H,18,21). The highest BCUT2D eigenvalue weighted by molar-refractivity contribution is 5.90. The minimum absolute atomic E-state index is 0.0120. The van der Waals surface area contributed by atoms with Gasteiger partial charge in [0.15, 0.2) is 0 Å². The third-order valence-electron chi connectivity index (χ3n) is 3.30. The number of carbonyl (C=O) groups is 1. The van der Waals surface area contributed by atoms with Crippen LogP contribution in [0.3, 0.4) is 0 Å². The number of nitrogens with two attached hydrogens (primary N) is 1. The minimum Gasteiger partial charge on any atom is -0.378 e. The smallest absolute Gasteiger partial charge is 0.255 e. The second-order valence-corrected chi connectivity index (χ2v) is 5.07. The van der Waals surface area contributed by atoms with Crippen molar-refractivity contribution in [3.05, 3.63) is 51.9 Å². The van der Waals surface area contributed by atoms with Crippen molar-refractivity contribution in [2.24, 2.45) is 0 Å². The topological polar surface area (TPSA) is 99.2 Å². The van der Waals surface area contributed by atoms with Crippen LogP contribution in [-0.4, -0.2) is 22.6 Å². The lowest BCUT2D eigenvalue weighted by Crippen LogP contribution is -2.30. The number of rotatable bonds is 6. The van der Waals surface area contributed by atoms with Crippen LogP contribution in [0.4, 0.5) is 11.6 Å². The molecule has 7 heteroatoms. The van der Waals surface area contributed by atoms with Gasteiger partial charge in [-0.25, -0.2) is 4.98 Å². The Hall–Kier alpha value is -2.67. The predicted octanol–water partition coefficient (Wildman–Crippen LogP) is 1.17. The fourth-order valence-electron chi connectivity index (χ4n) is 2.17. The summed E-state index contributed by atoms with van der Waals surface area (Å²) in [7, 11) is 1.50. The zero-order valence-corrected chi connectivity index (χ0v) is 13.2. The Labute approximate surface area is 134 Å². The van der Waals surface area contributed by atoms with Gasteiger partial charge in [0.25, 0.3) is 5.56 Å². The molecule has 2 rings (SSSR count). The average molecular weight is 316 g/mol. The molecule has 0 aliphatic rings. The summed E-state index contributed by atoms with van der Waals surface area (Å²) >= 11 is 0. The first-order valence-corrected chi connectivity index (χ1v) is 7.27. The first kappa shape index (κ1) is 16.7. The van der Waals surface area contributed by atoms with Gasteiger partial charge in [0.2, 0.25) is 11.9 Å². The number of nitrogens with one attached hydrogen (secondary N) is 1. The van der Waals surface area contributed by atoms with Crippen molar-refractivity contribution in [2.45, 2.75) is 26.5 Å². The number of hydrogen-bond acceptors (Lipinski definition) is 5. The molecule has 0 aliphatic carbocycles. The number of methoxy groups -OCH3 is 1. The van der Waals surface area contributed by atoms with Gasteiger partial charge in [-0.3, -0.25) is 14.2 Å². The van der Waals surface area contributed by atoms with Gasteiger partial charge in [-0.15, -0.1) is 0 Å². The molecule has 0 fully saturated rings. The highest BCUT2D eigenvalue weighted by Gasteiger charge is 2.10. The van der Waals surface area contributed by atoms with E-state index in [2.05, 4.69) is 10.3 Å². The van der Waals surface area contributed by atoms with E-state index >= 15 is 0 Å². The maximum Gasteiger partial charge on any atom is 0.255 e. The molecular formula is C16H20N4O3. The normalized spacial score (nSPS) is 10.5. The summed E-state index contributed by atoms with van der Waals surface area (Å²) in [6.07, 6.45) is 0.876. The van der Waals surface area contributed by atoms with Crippen molar-refractivity contribution in [1.29, 1.82) is 0 Å². The van der Waals surface area contributed by atoms with Gasteiger partial charge in [-0.2, -0.15) is 0 Å². The van der Waals surface area contributed by atoms with Gasteiger partial charge < -0.3 is 15.8 Å². The molecule has 3 N–H and O–H groups in total. The van der Waals surface area contributed by atoms with Crippen LogP contribution in [-0.2, 0) is 29.1 Å². The first-order valence-electron chi connectivity index (χ1n) is 7.27. The fourth-order valence-corrected chi connectivity index (χ4v) is 2.17. The number of aromatic nitrogens is 2.